The maximum Gasteiger partial charge on any atom is 0.0489 e. The quantitative estimate of drug-likeness (QED) is 0.724. The molecule has 112 valence electrons. The Hall–Kier alpha value is -0.570. The van der Waals surface area contributed by atoms with Crippen molar-refractivity contribution in [1.82, 2.24) is 5.32 Å². The van der Waals surface area contributed by atoms with Crippen LogP contribution in [-0.4, -0.2) is 25.8 Å². The molecule has 1 aliphatic rings. The highest BCUT2D eigenvalue weighted by atomic mass is 35.5. The van der Waals surface area contributed by atoms with Crippen molar-refractivity contribution in [1.29, 1.82) is 0 Å². The molecule has 0 aromatic heterocycles. The average Bonchev–Trinajstić information content (AvgIpc) is 2.36. The number of hydrogen-bond acceptors (Lipinski definition) is 2. The first-order valence-electron chi connectivity index (χ1n) is 7.72. The zero-order chi connectivity index (χ0) is 14.4. The van der Waals surface area contributed by atoms with E-state index < -0.39 is 0 Å². The second-order valence-corrected chi connectivity index (χ2v) is 6.57. The number of hydrogen-bond donors (Lipinski definition) is 1. The fourth-order valence-corrected chi connectivity index (χ4v) is 2.93. The normalized spacial score (nSPS) is 22.0. The molecule has 2 nitrogen and oxygen atoms in total. The summed E-state index contributed by atoms with van der Waals surface area (Å²) in [5.41, 5.74) is 1.31. The fourth-order valence-electron chi connectivity index (χ4n) is 2.64. The van der Waals surface area contributed by atoms with Gasteiger partial charge in [-0.3, -0.25) is 0 Å². The van der Waals surface area contributed by atoms with E-state index in [1.54, 1.807) is 0 Å². The zero-order valence-electron chi connectivity index (χ0n) is 12.6. The number of benzene rings is 1. The van der Waals surface area contributed by atoms with E-state index in [2.05, 4.69) is 31.3 Å². The molecule has 0 unspecified atom stereocenters. The second-order valence-electron chi connectivity index (χ2n) is 6.16. The molecule has 0 aliphatic heterocycles. The summed E-state index contributed by atoms with van der Waals surface area (Å²) in [6.45, 7) is 7.16. The van der Waals surface area contributed by atoms with Crippen LogP contribution in [0.25, 0.3) is 0 Å². The van der Waals surface area contributed by atoms with Crippen LogP contribution in [0.2, 0.25) is 5.02 Å². The molecule has 0 bridgehead atoms. The van der Waals surface area contributed by atoms with Crippen molar-refractivity contribution < 1.29 is 4.74 Å². The summed E-state index contributed by atoms with van der Waals surface area (Å²) in [6, 6.07) is 8.87. The van der Waals surface area contributed by atoms with Gasteiger partial charge in [-0.2, -0.15) is 0 Å². The van der Waals surface area contributed by atoms with Crippen LogP contribution in [-0.2, 0) is 4.74 Å². The summed E-state index contributed by atoms with van der Waals surface area (Å²) in [5.74, 6) is 1.27. The molecule has 1 aliphatic carbocycles. The van der Waals surface area contributed by atoms with Gasteiger partial charge in [-0.15, -0.1) is 0 Å². The van der Waals surface area contributed by atoms with Gasteiger partial charge in [0.2, 0.25) is 0 Å². The van der Waals surface area contributed by atoms with Gasteiger partial charge in [0.05, 0.1) is 0 Å². The van der Waals surface area contributed by atoms with Gasteiger partial charge in [-0.25, -0.2) is 0 Å². The first-order valence-corrected chi connectivity index (χ1v) is 8.10. The van der Waals surface area contributed by atoms with Crippen LogP contribution in [0, 0.1) is 5.92 Å². The number of rotatable bonds is 8. The lowest BCUT2D eigenvalue weighted by atomic mass is 9.76. The predicted octanol–water partition coefficient (Wildman–Crippen LogP) is 4.24. The molecule has 20 heavy (non-hydrogen) atoms. The van der Waals surface area contributed by atoms with E-state index in [1.807, 2.05) is 12.1 Å². The highest BCUT2D eigenvalue weighted by molar-refractivity contribution is 6.31. The molecule has 1 aromatic rings. The molecule has 0 radical (unpaired) electrons. The standard InChI is InChI=1S/C17H26ClNO/c1-13(2)12-20-9-5-8-19-15-10-14(11-15)16-6-3-4-7-17(16)18/h3-4,6-7,13-15,19H,5,8-12H2,1-2H3. The third-order valence-corrected chi connectivity index (χ3v) is 4.18. The van der Waals surface area contributed by atoms with Crippen LogP contribution < -0.4 is 5.32 Å². The second kappa shape index (κ2) is 8.02. The monoisotopic (exact) mass is 295 g/mol. The van der Waals surface area contributed by atoms with Gasteiger partial charge in [0.25, 0.3) is 0 Å². The molecule has 0 spiro atoms. The summed E-state index contributed by atoms with van der Waals surface area (Å²) in [6.07, 6.45) is 3.51. The average molecular weight is 296 g/mol. The minimum atomic E-state index is 0.631. The van der Waals surface area contributed by atoms with Crippen LogP contribution in [0.5, 0.6) is 0 Å². The molecule has 0 atom stereocenters. The first-order chi connectivity index (χ1) is 9.66. The molecule has 1 fully saturated rings. The third kappa shape index (κ3) is 4.76. The van der Waals surface area contributed by atoms with Gasteiger partial charge >= 0.3 is 0 Å². The van der Waals surface area contributed by atoms with Crippen LogP contribution in [0.4, 0.5) is 0 Å². The Morgan fingerprint density at radius 2 is 2.05 bits per heavy atom. The molecular formula is C17H26ClNO. The smallest absolute Gasteiger partial charge is 0.0489 e. The van der Waals surface area contributed by atoms with Gasteiger partial charge in [0.15, 0.2) is 0 Å². The van der Waals surface area contributed by atoms with Crippen LogP contribution in [0.15, 0.2) is 24.3 Å². The summed E-state index contributed by atoms with van der Waals surface area (Å²) < 4.78 is 5.58. The van der Waals surface area contributed by atoms with E-state index >= 15 is 0 Å². The number of halogens is 1. The Morgan fingerprint density at radius 1 is 1.30 bits per heavy atom. The minimum absolute atomic E-state index is 0.631. The van der Waals surface area contributed by atoms with E-state index in [1.165, 1.54) is 18.4 Å². The Kier molecular flexibility index (Phi) is 6.34. The Morgan fingerprint density at radius 3 is 2.75 bits per heavy atom. The van der Waals surface area contributed by atoms with Crippen molar-refractivity contribution in [2.45, 2.75) is 45.1 Å². The molecule has 0 saturated heterocycles. The molecule has 1 N–H and O–H groups in total. The molecular weight excluding hydrogens is 270 g/mol. The SMILES string of the molecule is CC(C)COCCCNC1CC(c2ccccc2Cl)C1. The maximum atomic E-state index is 6.23. The first kappa shape index (κ1) is 15.8. The third-order valence-electron chi connectivity index (χ3n) is 3.83. The Balaban J connectivity index is 1.55. The number of ether oxygens (including phenoxy) is 1. The summed E-state index contributed by atoms with van der Waals surface area (Å²) >= 11 is 6.23. The Labute approximate surface area is 127 Å². The fraction of sp³-hybridized carbons (Fsp3) is 0.647. The van der Waals surface area contributed by atoms with Crippen molar-refractivity contribution >= 4 is 11.6 Å². The highest BCUT2D eigenvalue weighted by Crippen LogP contribution is 2.39. The van der Waals surface area contributed by atoms with Gasteiger partial charge in [0, 0.05) is 24.3 Å². The lowest BCUT2D eigenvalue weighted by molar-refractivity contribution is 0.106. The van der Waals surface area contributed by atoms with Crippen LogP contribution >= 0.6 is 11.6 Å². The zero-order valence-corrected chi connectivity index (χ0v) is 13.3. The topological polar surface area (TPSA) is 21.3 Å². The maximum absolute atomic E-state index is 6.23. The Bertz CT molecular complexity index is 402. The van der Waals surface area contributed by atoms with Gasteiger partial charge in [0.1, 0.15) is 0 Å². The summed E-state index contributed by atoms with van der Waals surface area (Å²) in [4.78, 5) is 0. The molecule has 2 rings (SSSR count). The van der Waals surface area contributed by atoms with E-state index in [9.17, 15) is 0 Å². The molecule has 1 saturated carbocycles. The predicted molar refractivity (Wildman–Crippen MR) is 85.5 cm³/mol. The molecule has 1 aromatic carbocycles. The van der Waals surface area contributed by atoms with E-state index in [-0.39, 0.29) is 0 Å². The van der Waals surface area contributed by atoms with Gasteiger partial charge in [-0.1, -0.05) is 43.6 Å². The number of nitrogens with one attached hydrogen (secondary N) is 1. The van der Waals surface area contributed by atoms with Crippen molar-refractivity contribution in [3.63, 3.8) is 0 Å². The van der Waals surface area contributed by atoms with Crippen LogP contribution in [0.1, 0.15) is 44.6 Å². The lowest BCUT2D eigenvalue weighted by Gasteiger charge is -2.36. The van der Waals surface area contributed by atoms with E-state index in [0.717, 1.165) is 31.2 Å². The van der Waals surface area contributed by atoms with Crippen molar-refractivity contribution in [3.05, 3.63) is 34.9 Å². The highest BCUT2D eigenvalue weighted by Gasteiger charge is 2.30. The molecule has 0 amide bonds. The van der Waals surface area contributed by atoms with Gasteiger partial charge in [-0.05, 0) is 49.3 Å². The lowest BCUT2D eigenvalue weighted by Crippen LogP contribution is -2.40. The van der Waals surface area contributed by atoms with Gasteiger partial charge < -0.3 is 10.1 Å². The van der Waals surface area contributed by atoms with Crippen LogP contribution in [0.3, 0.4) is 0 Å². The largest absolute Gasteiger partial charge is 0.381 e. The minimum Gasteiger partial charge on any atom is -0.381 e. The van der Waals surface area contributed by atoms with Crippen molar-refractivity contribution in [2.24, 2.45) is 5.92 Å². The molecule has 3 heteroatoms. The van der Waals surface area contributed by atoms with E-state index in [4.69, 9.17) is 16.3 Å². The summed E-state index contributed by atoms with van der Waals surface area (Å²) in [5, 5.41) is 4.52. The van der Waals surface area contributed by atoms with Crippen molar-refractivity contribution in [2.75, 3.05) is 19.8 Å². The van der Waals surface area contributed by atoms with Crippen molar-refractivity contribution in [3.8, 4) is 0 Å². The molecule has 0 heterocycles. The summed E-state index contributed by atoms with van der Waals surface area (Å²) in [7, 11) is 0. The van der Waals surface area contributed by atoms with E-state index in [0.29, 0.717) is 17.9 Å².